The first-order valence-corrected chi connectivity index (χ1v) is 12.3. The van der Waals surface area contributed by atoms with Crippen LogP contribution in [0.3, 0.4) is 0 Å². The Labute approximate surface area is 218 Å². The third-order valence-electron chi connectivity index (χ3n) is 5.77. The molecule has 0 fully saturated rings. The minimum Gasteiger partial charge on any atom is -0.497 e. The molecule has 2 N–H and O–H groups in total. The summed E-state index contributed by atoms with van der Waals surface area (Å²) in [6.45, 7) is 0.492. The average Bonchev–Trinajstić information content (AvgIpc) is 3.32. The number of benzene rings is 3. The number of carbonyl (C=O) groups is 2. The van der Waals surface area contributed by atoms with Gasteiger partial charge in [0, 0.05) is 23.5 Å². The van der Waals surface area contributed by atoms with Crippen molar-refractivity contribution in [1.82, 2.24) is 20.4 Å². The number of carbonyl (C=O) groups excluding carboxylic acids is 2. The van der Waals surface area contributed by atoms with Crippen molar-refractivity contribution in [1.29, 1.82) is 0 Å². The molecule has 1 aromatic heterocycles. The van der Waals surface area contributed by atoms with Gasteiger partial charge in [0.1, 0.15) is 11.8 Å². The van der Waals surface area contributed by atoms with Gasteiger partial charge in [-0.3, -0.25) is 14.3 Å². The normalized spacial score (nSPS) is 11.5. The zero-order valence-electron chi connectivity index (χ0n) is 20.1. The first-order chi connectivity index (χ1) is 17.5. The molecule has 0 bridgehead atoms. The molecule has 0 radical (unpaired) electrons. The van der Waals surface area contributed by atoms with Gasteiger partial charge in [-0.15, -0.1) is 0 Å². The van der Waals surface area contributed by atoms with Crippen molar-refractivity contribution >= 4 is 27.7 Å². The van der Waals surface area contributed by atoms with Crippen LogP contribution < -0.4 is 15.4 Å². The lowest BCUT2D eigenvalue weighted by Gasteiger charge is -2.17. The highest BCUT2D eigenvalue weighted by Crippen LogP contribution is 2.24. The molecule has 0 saturated heterocycles. The predicted octanol–water partition coefficient (Wildman–Crippen LogP) is 4.46. The molecule has 0 spiro atoms. The van der Waals surface area contributed by atoms with Crippen LogP contribution in [0.5, 0.6) is 5.75 Å². The maximum absolute atomic E-state index is 13.3. The van der Waals surface area contributed by atoms with Crippen molar-refractivity contribution < 1.29 is 14.3 Å². The summed E-state index contributed by atoms with van der Waals surface area (Å²) in [7, 11) is 3.17. The van der Waals surface area contributed by atoms with E-state index in [1.165, 1.54) is 0 Å². The van der Waals surface area contributed by atoms with Gasteiger partial charge in [-0.2, -0.15) is 5.10 Å². The van der Waals surface area contributed by atoms with Crippen LogP contribution in [-0.4, -0.2) is 41.8 Å². The van der Waals surface area contributed by atoms with Crippen LogP contribution in [-0.2, 0) is 17.8 Å². The van der Waals surface area contributed by atoms with Crippen LogP contribution in [0.25, 0.3) is 11.3 Å². The summed E-state index contributed by atoms with van der Waals surface area (Å²) in [5.74, 6) is 0.0504. The Balaban J connectivity index is 1.63. The van der Waals surface area contributed by atoms with Gasteiger partial charge in [-0.25, -0.2) is 0 Å². The van der Waals surface area contributed by atoms with E-state index in [0.717, 1.165) is 32.6 Å². The van der Waals surface area contributed by atoms with E-state index in [2.05, 4.69) is 31.7 Å². The van der Waals surface area contributed by atoms with Crippen LogP contribution in [0.2, 0.25) is 0 Å². The third kappa shape index (κ3) is 6.20. The van der Waals surface area contributed by atoms with Crippen LogP contribution in [0.1, 0.15) is 21.6 Å². The number of rotatable bonds is 9. The summed E-state index contributed by atoms with van der Waals surface area (Å²) in [6.07, 6.45) is 0.348. The third-order valence-corrected chi connectivity index (χ3v) is 6.26. The number of hydrogen-bond donors (Lipinski definition) is 2. The fraction of sp³-hybridized carbons (Fsp3) is 0.179. The van der Waals surface area contributed by atoms with Gasteiger partial charge in [0.15, 0.2) is 5.69 Å². The van der Waals surface area contributed by atoms with Crippen LogP contribution in [0, 0.1) is 0 Å². The van der Waals surface area contributed by atoms with Gasteiger partial charge in [-0.05, 0) is 53.6 Å². The number of halogens is 1. The minimum absolute atomic E-state index is 0.236. The number of likely N-dealkylation sites (N-methyl/N-ethyl adjacent to an activating group) is 1. The fourth-order valence-electron chi connectivity index (χ4n) is 3.91. The average molecular weight is 547 g/mol. The van der Waals surface area contributed by atoms with Gasteiger partial charge in [0.25, 0.3) is 5.91 Å². The molecule has 36 heavy (non-hydrogen) atoms. The van der Waals surface area contributed by atoms with Crippen molar-refractivity contribution in [2.45, 2.75) is 19.0 Å². The molecule has 0 aliphatic heterocycles. The molecule has 1 heterocycles. The van der Waals surface area contributed by atoms with Crippen molar-refractivity contribution in [2.24, 2.45) is 0 Å². The quantitative estimate of drug-likeness (QED) is 0.324. The van der Waals surface area contributed by atoms with Crippen molar-refractivity contribution in [3.8, 4) is 17.0 Å². The molecule has 184 valence electrons. The van der Waals surface area contributed by atoms with Crippen LogP contribution >= 0.6 is 15.9 Å². The van der Waals surface area contributed by atoms with Crippen molar-refractivity contribution in [3.05, 3.63) is 106 Å². The number of nitrogens with zero attached hydrogens (tertiary/aromatic N) is 2. The molecule has 0 aliphatic carbocycles. The van der Waals surface area contributed by atoms with Gasteiger partial charge < -0.3 is 15.4 Å². The number of hydrogen-bond acceptors (Lipinski definition) is 4. The lowest BCUT2D eigenvalue weighted by molar-refractivity contribution is -0.122. The first kappa shape index (κ1) is 25.2. The smallest absolute Gasteiger partial charge is 0.272 e. The molecule has 2 amide bonds. The lowest BCUT2D eigenvalue weighted by Crippen LogP contribution is -2.47. The summed E-state index contributed by atoms with van der Waals surface area (Å²) in [5, 5.41) is 10.1. The maximum Gasteiger partial charge on any atom is 0.272 e. The van der Waals surface area contributed by atoms with Gasteiger partial charge in [0.2, 0.25) is 5.91 Å². The van der Waals surface area contributed by atoms with E-state index in [1.54, 1.807) is 24.9 Å². The molecule has 8 heteroatoms. The zero-order chi connectivity index (χ0) is 25.5. The van der Waals surface area contributed by atoms with E-state index in [4.69, 9.17) is 4.74 Å². The molecule has 3 aromatic carbocycles. The second kappa shape index (κ2) is 11.7. The lowest BCUT2D eigenvalue weighted by atomic mass is 10.0. The number of nitrogens with one attached hydrogen (secondary N) is 2. The van der Waals surface area contributed by atoms with Gasteiger partial charge in [0.05, 0.1) is 19.3 Å². The van der Waals surface area contributed by atoms with E-state index >= 15 is 0 Å². The fourth-order valence-corrected chi connectivity index (χ4v) is 4.36. The summed E-state index contributed by atoms with van der Waals surface area (Å²) in [4.78, 5) is 25.9. The Hall–Kier alpha value is -3.91. The van der Waals surface area contributed by atoms with Crippen molar-refractivity contribution in [3.63, 3.8) is 0 Å². The maximum atomic E-state index is 13.3. The summed E-state index contributed by atoms with van der Waals surface area (Å²) >= 11 is 3.45. The second-order valence-electron chi connectivity index (χ2n) is 8.26. The molecular formula is C28H27BrN4O3. The molecule has 4 rings (SSSR count). The molecule has 1 atom stereocenters. The predicted molar refractivity (Wildman–Crippen MR) is 143 cm³/mol. The standard InChI is InChI=1S/C28H27BrN4O3/c1-30-27(34)24(16-20-9-6-10-22(29)15-20)31-28(35)25-17-26(21-11-13-23(36-2)14-12-21)33(32-25)18-19-7-4-3-5-8-19/h3-15,17,24H,16,18H2,1-2H3,(H,30,34)(H,31,35)/t24-/m0/s1. The summed E-state index contributed by atoms with van der Waals surface area (Å²) in [6, 6.07) is 26.2. The molecule has 4 aromatic rings. The first-order valence-electron chi connectivity index (χ1n) is 11.5. The SMILES string of the molecule is CNC(=O)[C@H](Cc1cccc(Br)c1)NC(=O)c1cc(-c2ccc(OC)cc2)n(Cc2ccccc2)n1. The highest BCUT2D eigenvalue weighted by atomic mass is 79.9. The van der Waals surface area contributed by atoms with Crippen molar-refractivity contribution in [2.75, 3.05) is 14.2 Å². The monoisotopic (exact) mass is 546 g/mol. The largest absolute Gasteiger partial charge is 0.497 e. The number of methoxy groups -OCH3 is 1. The van der Waals surface area contributed by atoms with Gasteiger partial charge >= 0.3 is 0 Å². The molecule has 0 saturated carbocycles. The Kier molecular flexibility index (Phi) is 8.17. The number of aromatic nitrogens is 2. The van der Waals surface area contributed by atoms with Gasteiger partial charge in [-0.1, -0.05) is 58.4 Å². The Morgan fingerprint density at radius 3 is 2.36 bits per heavy atom. The van der Waals surface area contributed by atoms with E-state index in [9.17, 15) is 9.59 Å². The number of ether oxygens (including phenoxy) is 1. The van der Waals surface area contributed by atoms with E-state index in [0.29, 0.717) is 13.0 Å². The molecular weight excluding hydrogens is 520 g/mol. The Morgan fingerprint density at radius 2 is 1.69 bits per heavy atom. The topological polar surface area (TPSA) is 85.3 Å². The molecule has 0 aliphatic rings. The Bertz CT molecular complexity index is 1340. The van der Waals surface area contributed by atoms with E-state index in [-0.39, 0.29) is 11.6 Å². The van der Waals surface area contributed by atoms with Crippen LogP contribution in [0.4, 0.5) is 0 Å². The van der Waals surface area contributed by atoms with E-state index in [1.807, 2.05) is 78.9 Å². The molecule has 7 nitrogen and oxygen atoms in total. The second-order valence-corrected chi connectivity index (χ2v) is 9.18. The van der Waals surface area contributed by atoms with E-state index < -0.39 is 11.9 Å². The highest BCUT2D eigenvalue weighted by molar-refractivity contribution is 9.10. The minimum atomic E-state index is -0.750. The number of amides is 2. The molecule has 0 unspecified atom stereocenters. The summed E-state index contributed by atoms with van der Waals surface area (Å²) < 4.78 is 7.99. The van der Waals surface area contributed by atoms with Crippen LogP contribution in [0.15, 0.2) is 89.4 Å². The summed E-state index contributed by atoms with van der Waals surface area (Å²) in [5.41, 5.74) is 3.90. The Morgan fingerprint density at radius 1 is 0.972 bits per heavy atom. The zero-order valence-corrected chi connectivity index (χ0v) is 21.7. The highest BCUT2D eigenvalue weighted by Gasteiger charge is 2.24.